The van der Waals surface area contributed by atoms with Crippen molar-refractivity contribution in [3.8, 4) is 11.1 Å². The fourth-order valence-electron chi connectivity index (χ4n) is 2.25. The molecule has 20 heavy (non-hydrogen) atoms. The molecule has 0 unspecified atom stereocenters. The van der Waals surface area contributed by atoms with Crippen LogP contribution in [0.25, 0.3) is 22.2 Å². The lowest BCUT2D eigenvalue weighted by molar-refractivity contribution is 0.203. The summed E-state index contributed by atoms with van der Waals surface area (Å²) >= 11 is 3.41. The van der Waals surface area contributed by atoms with Gasteiger partial charge in [0, 0.05) is 21.6 Å². The zero-order valence-electron chi connectivity index (χ0n) is 10.5. The zero-order chi connectivity index (χ0) is 14.1. The van der Waals surface area contributed by atoms with Crippen LogP contribution in [0, 0.1) is 6.10 Å². The Morgan fingerprint density at radius 2 is 2.00 bits per heavy atom. The van der Waals surface area contributed by atoms with Crippen molar-refractivity contribution < 1.29 is 10.2 Å². The second-order valence-corrected chi connectivity index (χ2v) is 5.31. The normalized spacial score (nSPS) is 11.4. The van der Waals surface area contributed by atoms with Crippen LogP contribution in [0.5, 0.6) is 0 Å². The summed E-state index contributed by atoms with van der Waals surface area (Å²) in [4.78, 5) is 7.36. The Hall–Kier alpha value is -1.69. The summed E-state index contributed by atoms with van der Waals surface area (Å²) in [6, 6.07) is 11.6. The second kappa shape index (κ2) is 5.36. The van der Waals surface area contributed by atoms with Gasteiger partial charge in [0.2, 0.25) is 0 Å². The van der Waals surface area contributed by atoms with Gasteiger partial charge in [0.15, 0.2) is 6.10 Å². The molecule has 0 atom stereocenters. The molecule has 4 nitrogen and oxygen atoms in total. The van der Waals surface area contributed by atoms with E-state index >= 15 is 0 Å². The molecule has 2 aromatic heterocycles. The van der Waals surface area contributed by atoms with Gasteiger partial charge in [0.05, 0.1) is 12.3 Å². The summed E-state index contributed by atoms with van der Waals surface area (Å²) < 4.78 is 0.858. The van der Waals surface area contributed by atoms with Crippen molar-refractivity contribution in [2.24, 2.45) is 0 Å². The minimum Gasteiger partial charge on any atom is -0.393 e. The van der Waals surface area contributed by atoms with E-state index < -0.39 is 6.61 Å². The molecule has 0 aliphatic rings. The van der Waals surface area contributed by atoms with Gasteiger partial charge in [-0.25, -0.2) is 4.98 Å². The molecule has 0 saturated heterocycles. The molecule has 0 spiro atoms. The lowest BCUT2D eigenvalue weighted by atomic mass is 10.0. The summed E-state index contributed by atoms with van der Waals surface area (Å²) in [6.45, 7) is -0.423. The van der Waals surface area contributed by atoms with Gasteiger partial charge >= 0.3 is 0 Å². The van der Waals surface area contributed by atoms with Crippen molar-refractivity contribution in [3.05, 3.63) is 58.9 Å². The molecule has 1 radical (unpaired) electrons. The van der Waals surface area contributed by atoms with Crippen LogP contribution < -0.4 is 0 Å². The highest BCUT2D eigenvalue weighted by atomic mass is 79.9. The first-order valence-corrected chi connectivity index (χ1v) is 6.88. The molecule has 0 saturated carbocycles. The second-order valence-electron chi connectivity index (χ2n) is 4.40. The average molecular weight is 332 g/mol. The SMILES string of the molecule is OC[C](O)c1[nH]c2ncc(Br)cc2c1-c1ccccc1. The van der Waals surface area contributed by atoms with E-state index in [-0.39, 0.29) is 6.10 Å². The lowest BCUT2D eigenvalue weighted by Crippen LogP contribution is -2.05. The fourth-order valence-corrected chi connectivity index (χ4v) is 2.58. The maximum atomic E-state index is 9.94. The van der Waals surface area contributed by atoms with E-state index in [1.54, 1.807) is 6.20 Å². The fraction of sp³-hybridized carbons (Fsp3) is 0.0667. The van der Waals surface area contributed by atoms with Crippen LogP contribution in [0.3, 0.4) is 0 Å². The van der Waals surface area contributed by atoms with Crippen LogP contribution in [0.4, 0.5) is 0 Å². The molecule has 2 heterocycles. The predicted molar refractivity (Wildman–Crippen MR) is 80.6 cm³/mol. The van der Waals surface area contributed by atoms with E-state index in [1.165, 1.54) is 0 Å². The predicted octanol–water partition coefficient (Wildman–Crippen LogP) is 3.24. The molecule has 3 rings (SSSR count). The molecular formula is C15H12BrN2O2. The molecule has 0 fully saturated rings. The topological polar surface area (TPSA) is 69.1 Å². The highest BCUT2D eigenvalue weighted by molar-refractivity contribution is 9.10. The zero-order valence-corrected chi connectivity index (χ0v) is 12.1. The third-order valence-electron chi connectivity index (χ3n) is 3.12. The number of hydrogen-bond donors (Lipinski definition) is 3. The van der Waals surface area contributed by atoms with Gasteiger partial charge in [-0.15, -0.1) is 0 Å². The monoisotopic (exact) mass is 331 g/mol. The Morgan fingerprint density at radius 1 is 1.25 bits per heavy atom. The van der Waals surface area contributed by atoms with Crippen molar-refractivity contribution in [2.45, 2.75) is 0 Å². The van der Waals surface area contributed by atoms with E-state index in [0.29, 0.717) is 11.3 Å². The van der Waals surface area contributed by atoms with Crippen molar-refractivity contribution in [1.29, 1.82) is 0 Å². The van der Waals surface area contributed by atoms with Crippen molar-refractivity contribution >= 4 is 27.0 Å². The number of nitrogens with one attached hydrogen (secondary N) is 1. The van der Waals surface area contributed by atoms with Crippen LogP contribution in [0.2, 0.25) is 0 Å². The summed E-state index contributed by atoms with van der Waals surface area (Å²) in [5.74, 6) is 0. The van der Waals surface area contributed by atoms with Crippen LogP contribution in [-0.4, -0.2) is 26.8 Å². The maximum absolute atomic E-state index is 9.94. The standard InChI is InChI=1S/C15H12BrN2O2/c16-10-6-11-13(9-4-2-1-3-5-9)14(12(20)8-19)18-15(11)17-7-10/h1-7,19-20H,8H2,(H,17,18). The van der Waals surface area contributed by atoms with E-state index in [1.807, 2.05) is 36.4 Å². The maximum Gasteiger partial charge on any atom is 0.164 e. The first kappa shape index (κ1) is 13.3. The number of H-pyrrole nitrogens is 1. The lowest BCUT2D eigenvalue weighted by Gasteiger charge is -2.08. The average Bonchev–Trinajstić information content (AvgIpc) is 2.85. The Kier molecular flexibility index (Phi) is 3.56. The third kappa shape index (κ3) is 2.24. The number of nitrogens with zero attached hydrogens (tertiary/aromatic N) is 1. The first-order valence-electron chi connectivity index (χ1n) is 6.09. The number of benzene rings is 1. The van der Waals surface area contributed by atoms with Crippen LogP contribution in [0.1, 0.15) is 5.69 Å². The number of halogens is 1. The number of aromatic nitrogens is 2. The molecule has 5 heteroatoms. The molecule has 3 N–H and O–H groups in total. The molecule has 0 amide bonds. The van der Waals surface area contributed by atoms with Crippen molar-refractivity contribution in [1.82, 2.24) is 9.97 Å². The first-order chi connectivity index (χ1) is 9.70. The van der Waals surface area contributed by atoms with Crippen molar-refractivity contribution in [3.63, 3.8) is 0 Å². The summed E-state index contributed by atoms with van der Waals surface area (Å²) in [5, 5.41) is 20.0. The Balaban J connectivity index is 2.33. The van der Waals surface area contributed by atoms with Gasteiger partial charge in [-0.3, -0.25) is 0 Å². The highest BCUT2D eigenvalue weighted by Crippen LogP contribution is 2.35. The van der Waals surface area contributed by atoms with Crippen molar-refractivity contribution in [2.75, 3.05) is 6.61 Å². The molecule has 0 aliphatic carbocycles. The molecular weight excluding hydrogens is 320 g/mol. The Morgan fingerprint density at radius 3 is 2.70 bits per heavy atom. The summed E-state index contributed by atoms with van der Waals surface area (Å²) in [6.07, 6.45) is 1.59. The number of aromatic amines is 1. The quantitative estimate of drug-likeness (QED) is 0.690. The molecule has 1 aromatic carbocycles. The molecule has 3 aromatic rings. The van der Waals surface area contributed by atoms with Gasteiger partial charge in [-0.2, -0.15) is 0 Å². The highest BCUT2D eigenvalue weighted by Gasteiger charge is 2.20. The smallest absolute Gasteiger partial charge is 0.164 e. The van der Waals surface area contributed by atoms with Gasteiger partial charge in [0.25, 0.3) is 0 Å². The summed E-state index contributed by atoms with van der Waals surface area (Å²) in [7, 11) is 0. The van der Waals surface area contributed by atoms with Crippen LogP contribution >= 0.6 is 15.9 Å². The van der Waals surface area contributed by atoms with E-state index in [2.05, 4.69) is 25.9 Å². The number of fused-ring (bicyclic) bond motifs is 1. The van der Waals surface area contributed by atoms with E-state index in [4.69, 9.17) is 0 Å². The summed E-state index contributed by atoms with van der Waals surface area (Å²) in [5.41, 5.74) is 2.95. The molecule has 0 bridgehead atoms. The van der Waals surface area contributed by atoms with Gasteiger partial charge in [-0.1, -0.05) is 30.3 Å². The number of rotatable bonds is 3. The minimum atomic E-state index is -0.423. The molecule has 101 valence electrons. The minimum absolute atomic E-state index is 0.0991. The number of hydrogen-bond acceptors (Lipinski definition) is 3. The number of pyridine rings is 1. The Labute approximate surface area is 124 Å². The van der Waals surface area contributed by atoms with Crippen LogP contribution in [-0.2, 0) is 0 Å². The van der Waals surface area contributed by atoms with Gasteiger partial charge < -0.3 is 15.2 Å². The number of aliphatic hydroxyl groups excluding tert-OH is 2. The Bertz CT molecular complexity index is 740. The van der Waals surface area contributed by atoms with E-state index in [0.717, 1.165) is 21.0 Å². The van der Waals surface area contributed by atoms with Crippen LogP contribution in [0.15, 0.2) is 47.1 Å². The van der Waals surface area contributed by atoms with E-state index in [9.17, 15) is 10.2 Å². The largest absolute Gasteiger partial charge is 0.393 e. The van der Waals surface area contributed by atoms with Gasteiger partial charge in [-0.05, 0) is 27.6 Å². The van der Waals surface area contributed by atoms with Gasteiger partial charge in [0.1, 0.15) is 5.65 Å². The number of aliphatic hydroxyl groups is 2. The third-order valence-corrected chi connectivity index (χ3v) is 3.55. The molecule has 0 aliphatic heterocycles.